The predicted octanol–water partition coefficient (Wildman–Crippen LogP) is 5.44. The number of nitrogens with zero attached hydrogens (tertiary/aromatic N) is 4. The van der Waals surface area contributed by atoms with E-state index in [-0.39, 0.29) is 40.6 Å². The van der Waals surface area contributed by atoms with E-state index in [1.807, 2.05) is 42.0 Å². The van der Waals surface area contributed by atoms with E-state index < -0.39 is 21.7 Å². The lowest BCUT2D eigenvalue weighted by molar-refractivity contribution is 0.0612. The molecule has 2 aromatic carbocycles. The Hall–Kier alpha value is -5.51. The normalized spacial score (nSPS) is 13.2. The van der Waals surface area contributed by atoms with Crippen LogP contribution in [0.25, 0.3) is 33.4 Å². The molecule has 5 aromatic rings. The highest BCUT2D eigenvalue weighted by Gasteiger charge is 2.21. The van der Waals surface area contributed by atoms with Gasteiger partial charge in [0.1, 0.15) is 11.6 Å². The molecular formula is C38H40FN5O8S. The first-order valence-corrected chi connectivity index (χ1v) is 18.4. The minimum Gasteiger partial charge on any atom is -0.480 e. The van der Waals surface area contributed by atoms with Crippen LogP contribution in [0.2, 0.25) is 0 Å². The quantitative estimate of drug-likeness (QED) is 0.137. The van der Waals surface area contributed by atoms with Crippen molar-refractivity contribution in [3.05, 3.63) is 106 Å². The zero-order chi connectivity index (χ0) is 38.3. The number of methoxy groups -OCH3 is 2. The lowest BCUT2D eigenvalue weighted by Crippen LogP contribution is -2.25. The van der Waals surface area contributed by atoms with Gasteiger partial charge in [0.05, 0.1) is 31.6 Å². The summed E-state index contributed by atoms with van der Waals surface area (Å²) in [4.78, 5) is 31.7. The summed E-state index contributed by atoms with van der Waals surface area (Å²) in [6.45, 7) is 4.03. The second-order valence-electron chi connectivity index (χ2n) is 12.6. The van der Waals surface area contributed by atoms with Crippen LogP contribution in [0, 0.1) is 18.7 Å². The van der Waals surface area contributed by atoms with Crippen LogP contribution in [0.15, 0.2) is 78.0 Å². The van der Waals surface area contributed by atoms with Crippen LogP contribution < -0.4 is 20.6 Å². The number of carbonyl (C=O) groups excluding carboxylic acids is 1. The van der Waals surface area contributed by atoms with E-state index in [9.17, 15) is 18.0 Å². The first-order chi connectivity index (χ1) is 25.2. The van der Waals surface area contributed by atoms with Gasteiger partial charge in [-0.25, -0.2) is 9.37 Å². The van der Waals surface area contributed by atoms with Crippen molar-refractivity contribution in [1.82, 2.24) is 19.7 Å². The highest BCUT2D eigenvalue weighted by atomic mass is 32.2. The number of halogens is 1. The number of aromatic nitrogens is 4. The fraction of sp³-hybridized carbons (Fsp3) is 0.289. The third kappa shape index (κ3) is 10.1. The van der Waals surface area contributed by atoms with Gasteiger partial charge in [-0.05, 0) is 48.9 Å². The van der Waals surface area contributed by atoms with Gasteiger partial charge >= 0.3 is 0 Å². The summed E-state index contributed by atoms with van der Waals surface area (Å²) in [5, 5.41) is 7.95. The Morgan fingerprint density at radius 2 is 1.66 bits per heavy atom. The van der Waals surface area contributed by atoms with Crippen LogP contribution in [0.5, 0.6) is 11.8 Å². The number of nitrogens with two attached hydrogens (primary N) is 1. The van der Waals surface area contributed by atoms with E-state index in [0.717, 1.165) is 24.0 Å². The topological polar surface area (TPSA) is 186 Å². The monoisotopic (exact) mass is 745 g/mol. The van der Waals surface area contributed by atoms with Crippen molar-refractivity contribution in [2.24, 2.45) is 5.92 Å². The summed E-state index contributed by atoms with van der Waals surface area (Å²) in [6, 6.07) is 15.5. The van der Waals surface area contributed by atoms with Gasteiger partial charge < -0.3 is 24.5 Å². The molecule has 13 nitrogen and oxygen atoms in total. The Balaban J connectivity index is 0.00000101. The molecule has 3 N–H and O–H groups in total. The number of nitrogen functional groups attached to an aromatic ring is 1. The maximum Gasteiger partial charge on any atom is 0.261 e. The van der Waals surface area contributed by atoms with E-state index in [0.29, 0.717) is 59.7 Å². The summed E-state index contributed by atoms with van der Waals surface area (Å²) in [5.41, 5.74) is 10.3. The van der Waals surface area contributed by atoms with Crippen LogP contribution in [0.4, 0.5) is 10.2 Å². The van der Waals surface area contributed by atoms with Crippen molar-refractivity contribution < 1.29 is 36.4 Å². The third-order valence-corrected chi connectivity index (χ3v) is 8.61. The fourth-order valence-corrected chi connectivity index (χ4v) is 5.93. The van der Waals surface area contributed by atoms with Crippen LogP contribution in [0.1, 0.15) is 34.3 Å². The van der Waals surface area contributed by atoms with Gasteiger partial charge in [0.15, 0.2) is 11.2 Å². The van der Waals surface area contributed by atoms with Gasteiger partial charge in [0.2, 0.25) is 11.8 Å². The summed E-state index contributed by atoms with van der Waals surface area (Å²) < 4.78 is 59.6. The summed E-state index contributed by atoms with van der Waals surface area (Å²) in [5.74, 6) is 0.0116. The minimum absolute atomic E-state index is 0.0705. The van der Waals surface area contributed by atoms with Gasteiger partial charge in [-0.3, -0.25) is 14.1 Å². The summed E-state index contributed by atoms with van der Waals surface area (Å²) in [7, 11) is -0.732. The molecular weight excluding hydrogens is 706 g/mol. The summed E-state index contributed by atoms with van der Waals surface area (Å²) >= 11 is 0. The average molecular weight is 746 g/mol. The van der Waals surface area contributed by atoms with Crippen molar-refractivity contribution in [3.63, 3.8) is 0 Å². The van der Waals surface area contributed by atoms with Gasteiger partial charge in [0.25, 0.3) is 10.1 Å². The first-order valence-electron chi connectivity index (χ1n) is 16.6. The second-order valence-corrected chi connectivity index (χ2v) is 14.1. The van der Waals surface area contributed by atoms with Crippen molar-refractivity contribution in [2.75, 3.05) is 39.4 Å². The molecule has 1 fully saturated rings. The van der Waals surface area contributed by atoms with Gasteiger partial charge in [0, 0.05) is 73.1 Å². The van der Waals surface area contributed by atoms with E-state index >= 15 is 4.39 Å². The molecule has 1 aliphatic rings. The number of hydrogen-bond donors (Lipinski definition) is 2. The molecule has 1 aliphatic heterocycles. The first kappa shape index (κ1) is 38.7. The maximum atomic E-state index is 15.8. The zero-order valence-corrected chi connectivity index (χ0v) is 30.5. The summed E-state index contributed by atoms with van der Waals surface area (Å²) in [6.07, 6.45) is 7.37. The number of benzene rings is 2. The van der Waals surface area contributed by atoms with Crippen LogP contribution >= 0.6 is 0 Å². The second kappa shape index (κ2) is 16.9. The third-order valence-electron chi connectivity index (χ3n) is 8.61. The lowest BCUT2D eigenvalue weighted by atomic mass is 9.96. The molecule has 0 bridgehead atoms. The Kier molecular flexibility index (Phi) is 12.3. The van der Waals surface area contributed by atoms with E-state index in [2.05, 4.69) is 15.2 Å². The number of anilines is 1. The maximum absolute atomic E-state index is 15.8. The van der Waals surface area contributed by atoms with E-state index in [1.54, 1.807) is 30.5 Å². The number of ether oxygens (including phenoxy) is 3. The Bertz CT molecular complexity index is 2270. The van der Waals surface area contributed by atoms with Gasteiger partial charge in [-0.2, -0.15) is 8.42 Å². The molecule has 278 valence electrons. The number of pyridine rings is 2. The molecule has 0 unspecified atom stereocenters. The largest absolute Gasteiger partial charge is 0.480 e. The SMILES string of the molecule is COc1cc(-c2cnc(N)c(-c3ccc(CC(=O)c4cn(CC5CCOCC5)cc(-c5ccc(C)cc5)c4=O)cc3F)c2)c(OC)nn1.CS(=O)(=O)O. The molecule has 1 saturated heterocycles. The van der Waals surface area contributed by atoms with Crippen molar-refractivity contribution in [1.29, 1.82) is 0 Å². The zero-order valence-electron chi connectivity index (χ0n) is 29.7. The number of Topliss-reactive ketones (excluding diaryl/α,β-unsaturated/α-hetero) is 1. The predicted molar refractivity (Wildman–Crippen MR) is 198 cm³/mol. The number of rotatable bonds is 10. The van der Waals surface area contributed by atoms with Crippen LogP contribution in [-0.4, -0.2) is 72.2 Å². The Morgan fingerprint density at radius 3 is 2.30 bits per heavy atom. The van der Waals surface area contributed by atoms with E-state index in [4.69, 9.17) is 24.5 Å². The molecule has 15 heteroatoms. The van der Waals surface area contributed by atoms with Crippen molar-refractivity contribution in [3.8, 4) is 45.1 Å². The molecule has 53 heavy (non-hydrogen) atoms. The van der Waals surface area contributed by atoms with Crippen molar-refractivity contribution in [2.45, 2.75) is 32.7 Å². The Morgan fingerprint density at radius 1 is 0.962 bits per heavy atom. The smallest absolute Gasteiger partial charge is 0.261 e. The number of ketones is 1. The number of aryl methyl sites for hydroxylation is 1. The standard InChI is InChI=1S/C37H36FN5O5.CH4O3S/c1-22-4-7-25(8-5-22)30-20-43(19-23-10-12-48-13-11-23)21-31(35(30)45)33(44)15-24-6-9-27(32(38)14-24)29-16-26(18-40-36(29)39)28-17-34(46-2)41-42-37(28)47-3;1-5(2,3)4/h4-9,14,16-18,20-21,23H,10-13,15,19H2,1-3H3,(H2,39,40);1H3,(H,2,3,4). The average Bonchev–Trinajstić information content (AvgIpc) is 3.12. The van der Waals surface area contributed by atoms with Crippen LogP contribution in [0.3, 0.4) is 0 Å². The molecule has 6 rings (SSSR count). The number of hydrogen-bond acceptors (Lipinski definition) is 11. The molecule has 0 atom stereocenters. The van der Waals surface area contributed by atoms with E-state index in [1.165, 1.54) is 26.5 Å². The lowest BCUT2D eigenvalue weighted by Gasteiger charge is -2.23. The van der Waals surface area contributed by atoms with Gasteiger partial charge in [-0.15, -0.1) is 10.2 Å². The van der Waals surface area contributed by atoms with Gasteiger partial charge in [-0.1, -0.05) is 42.0 Å². The molecule has 3 aromatic heterocycles. The van der Waals surface area contributed by atoms with Crippen LogP contribution in [-0.2, 0) is 27.8 Å². The minimum atomic E-state index is -3.67. The molecule has 0 spiro atoms. The highest BCUT2D eigenvalue weighted by molar-refractivity contribution is 7.85. The molecule has 0 amide bonds. The molecule has 0 saturated carbocycles. The highest BCUT2D eigenvalue weighted by Crippen LogP contribution is 2.35. The molecule has 0 aliphatic carbocycles. The number of carbonyl (C=O) groups is 1. The fourth-order valence-electron chi connectivity index (χ4n) is 5.93. The van der Waals surface area contributed by atoms with Crippen molar-refractivity contribution >= 4 is 21.7 Å². The molecule has 4 heterocycles. The molecule has 0 radical (unpaired) electrons. The Labute approximate surface area is 306 Å².